The van der Waals surface area contributed by atoms with Gasteiger partial charge < -0.3 is 4.74 Å². The van der Waals surface area contributed by atoms with Gasteiger partial charge in [0.05, 0.1) is 12.2 Å². The number of aromatic nitrogens is 1. The van der Waals surface area contributed by atoms with Crippen LogP contribution in [0.2, 0.25) is 0 Å². The SMILES string of the molecule is CCOC(=O)c1cc(C)cnc1C(C)=O. The number of esters is 1. The van der Waals surface area contributed by atoms with Crippen molar-refractivity contribution in [3.05, 3.63) is 29.1 Å². The van der Waals surface area contributed by atoms with Crippen molar-refractivity contribution in [3.63, 3.8) is 0 Å². The second-order valence-electron chi connectivity index (χ2n) is 3.19. The van der Waals surface area contributed by atoms with Crippen molar-refractivity contribution in [3.8, 4) is 0 Å². The maximum Gasteiger partial charge on any atom is 0.340 e. The fraction of sp³-hybridized carbons (Fsp3) is 0.364. The summed E-state index contributed by atoms with van der Waals surface area (Å²) in [5.41, 5.74) is 1.23. The summed E-state index contributed by atoms with van der Waals surface area (Å²) in [6.45, 7) is 5.18. The molecule has 0 aliphatic rings. The number of pyridine rings is 1. The summed E-state index contributed by atoms with van der Waals surface area (Å²) in [6, 6.07) is 1.61. The Balaban J connectivity index is 3.18. The zero-order valence-corrected chi connectivity index (χ0v) is 9.03. The number of ketones is 1. The Bertz CT molecular complexity index is 399. The highest BCUT2D eigenvalue weighted by Gasteiger charge is 2.16. The van der Waals surface area contributed by atoms with Crippen molar-refractivity contribution in [2.75, 3.05) is 6.61 Å². The van der Waals surface area contributed by atoms with E-state index in [0.717, 1.165) is 5.56 Å². The van der Waals surface area contributed by atoms with Gasteiger partial charge in [0.15, 0.2) is 5.78 Å². The van der Waals surface area contributed by atoms with Crippen LogP contribution >= 0.6 is 0 Å². The normalized spacial score (nSPS) is 9.80. The summed E-state index contributed by atoms with van der Waals surface area (Å²) >= 11 is 0. The van der Waals surface area contributed by atoms with E-state index >= 15 is 0 Å². The van der Waals surface area contributed by atoms with Crippen LogP contribution in [0.3, 0.4) is 0 Å². The van der Waals surface area contributed by atoms with Crippen LogP contribution in [0, 0.1) is 6.92 Å². The minimum absolute atomic E-state index is 0.166. The Morgan fingerprint density at radius 1 is 1.47 bits per heavy atom. The zero-order chi connectivity index (χ0) is 11.4. The lowest BCUT2D eigenvalue weighted by Gasteiger charge is -2.06. The lowest BCUT2D eigenvalue weighted by molar-refractivity contribution is 0.0522. The van der Waals surface area contributed by atoms with E-state index in [-0.39, 0.29) is 23.6 Å². The number of hydrogen-bond acceptors (Lipinski definition) is 4. The van der Waals surface area contributed by atoms with Gasteiger partial charge in [-0.2, -0.15) is 0 Å². The molecule has 0 spiro atoms. The predicted molar refractivity (Wildman–Crippen MR) is 54.9 cm³/mol. The van der Waals surface area contributed by atoms with Crippen LogP contribution in [-0.4, -0.2) is 23.3 Å². The largest absolute Gasteiger partial charge is 0.462 e. The molecule has 1 rings (SSSR count). The molecular formula is C11H13NO3. The molecule has 4 nitrogen and oxygen atoms in total. The van der Waals surface area contributed by atoms with Crippen molar-refractivity contribution >= 4 is 11.8 Å². The molecule has 0 saturated heterocycles. The van der Waals surface area contributed by atoms with Gasteiger partial charge in [-0.1, -0.05) is 0 Å². The van der Waals surface area contributed by atoms with Crippen LogP contribution in [0.25, 0.3) is 0 Å². The molecule has 0 unspecified atom stereocenters. The highest BCUT2D eigenvalue weighted by molar-refractivity contribution is 6.03. The van der Waals surface area contributed by atoms with Gasteiger partial charge in [-0.25, -0.2) is 4.79 Å². The van der Waals surface area contributed by atoms with E-state index in [4.69, 9.17) is 4.74 Å². The summed E-state index contributed by atoms with van der Waals surface area (Å²) in [6.07, 6.45) is 1.56. The van der Waals surface area contributed by atoms with E-state index in [2.05, 4.69) is 4.98 Å². The fourth-order valence-corrected chi connectivity index (χ4v) is 1.21. The van der Waals surface area contributed by atoms with E-state index < -0.39 is 5.97 Å². The molecule has 0 aliphatic heterocycles. The van der Waals surface area contributed by atoms with Crippen molar-refractivity contribution in [2.24, 2.45) is 0 Å². The van der Waals surface area contributed by atoms with E-state index in [1.165, 1.54) is 6.92 Å². The highest BCUT2D eigenvalue weighted by atomic mass is 16.5. The summed E-state index contributed by atoms with van der Waals surface area (Å²) in [7, 11) is 0. The number of carbonyl (C=O) groups is 2. The van der Waals surface area contributed by atoms with Crippen molar-refractivity contribution in [1.82, 2.24) is 4.98 Å². The van der Waals surface area contributed by atoms with E-state index in [9.17, 15) is 9.59 Å². The second-order valence-corrected chi connectivity index (χ2v) is 3.19. The van der Waals surface area contributed by atoms with Gasteiger partial charge >= 0.3 is 5.97 Å². The summed E-state index contributed by atoms with van der Waals surface area (Å²) in [5.74, 6) is -0.739. The molecule has 1 heterocycles. The molecule has 15 heavy (non-hydrogen) atoms. The molecule has 0 N–H and O–H groups in total. The third kappa shape index (κ3) is 2.62. The molecule has 0 aliphatic carbocycles. The number of Topliss-reactive ketones (excluding diaryl/α,β-unsaturated/α-hetero) is 1. The van der Waals surface area contributed by atoms with E-state index in [0.29, 0.717) is 0 Å². The lowest BCUT2D eigenvalue weighted by Crippen LogP contribution is -2.12. The molecule has 1 aromatic heterocycles. The van der Waals surface area contributed by atoms with Gasteiger partial charge in [0.25, 0.3) is 0 Å². The minimum Gasteiger partial charge on any atom is -0.462 e. The van der Waals surface area contributed by atoms with Crippen molar-refractivity contribution in [2.45, 2.75) is 20.8 Å². The lowest BCUT2D eigenvalue weighted by atomic mass is 10.1. The number of aryl methyl sites for hydroxylation is 1. The Kier molecular flexibility index (Phi) is 3.55. The maximum atomic E-state index is 11.5. The van der Waals surface area contributed by atoms with Crippen LogP contribution < -0.4 is 0 Å². The van der Waals surface area contributed by atoms with Gasteiger partial charge in [-0.15, -0.1) is 0 Å². The first-order chi connectivity index (χ1) is 7.06. The van der Waals surface area contributed by atoms with Crippen molar-refractivity contribution in [1.29, 1.82) is 0 Å². The van der Waals surface area contributed by atoms with Gasteiger partial charge in [-0.05, 0) is 25.5 Å². The summed E-state index contributed by atoms with van der Waals surface area (Å²) in [4.78, 5) is 26.7. The van der Waals surface area contributed by atoms with E-state index in [1.54, 1.807) is 26.1 Å². The Morgan fingerprint density at radius 2 is 2.13 bits per heavy atom. The average Bonchev–Trinajstić information content (AvgIpc) is 2.17. The molecule has 0 aromatic carbocycles. The fourth-order valence-electron chi connectivity index (χ4n) is 1.21. The molecule has 0 radical (unpaired) electrons. The molecule has 4 heteroatoms. The molecular weight excluding hydrogens is 194 g/mol. The van der Waals surface area contributed by atoms with Crippen LogP contribution in [-0.2, 0) is 4.74 Å². The molecule has 0 fully saturated rings. The van der Waals surface area contributed by atoms with Crippen molar-refractivity contribution < 1.29 is 14.3 Å². The number of rotatable bonds is 3. The Labute approximate surface area is 88.3 Å². The predicted octanol–water partition coefficient (Wildman–Crippen LogP) is 1.77. The third-order valence-corrected chi connectivity index (χ3v) is 1.85. The monoisotopic (exact) mass is 207 g/mol. The Hall–Kier alpha value is -1.71. The highest BCUT2D eigenvalue weighted by Crippen LogP contribution is 2.10. The number of hydrogen-bond donors (Lipinski definition) is 0. The van der Waals surface area contributed by atoms with Gasteiger partial charge in [-0.3, -0.25) is 9.78 Å². The molecule has 80 valence electrons. The Morgan fingerprint density at radius 3 is 2.67 bits per heavy atom. The van der Waals surface area contributed by atoms with Gasteiger partial charge in [0.2, 0.25) is 0 Å². The maximum absolute atomic E-state index is 11.5. The molecule has 0 bridgehead atoms. The summed E-state index contributed by atoms with van der Waals surface area (Å²) < 4.78 is 4.84. The molecule has 0 amide bonds. The first-order valence-electron chi connectivity index (χ1n) is 4.71. The average molecular weight is 207 g/mol. The number of nitrogens with zero attached hydrogens (tertiary/aromatic N) is 1. The second kappa shape index (κ2) is 4.68. The van der Waals surface area contributed by atoms with Crippen LogP contribution in [0.1, 0.15) is 40.3 Å². The minimum atomic E-state index is -0.501. The molecule has 0 saturated carbocycles. The number of ether oxygens (including phenoxy) is 1. The summed E-state index contributed by atoms with van der Waals surface area (Å²) in [5, 5.41) is 0. The molecule has 1 aromatic rings. The van der Waals surface area contributed by atoms with E-state index in [1.807, 2.05) is 0 Å². The third-order valence-electron chi connectivity index (χ3n) is 1.85. The quantitative estimate of drug-likeness (QED) is 0.560. The first-order valence-corrected chi connectivity index (χ1v) is 4.71. The molecule has 0 atom stereocenters. The first kappa shape index (κ1) is 11.4. The van der Waals surface area contributed by atoms with Crippen LogP contribution in [0.5, 0.6) is 0 Å². The van der Waals surface area contributed by atoms with Crippen LogP contribution in [0.4, 0.5) is 0 Å². The van der Waals surface area contributed by atoms with Crippen LogP contribution in [0.15, 0.2) is 12.3 Å². The standard InChI is InChI=1S/C11H13NO3/c1-4-15-11(14)9-5-7(2)6-12-10(9)8(3)13/h5-6H,4H2,1-3H3. The topological polar surface area (TPSA) is 56.3 Å². The van der Waals surface area contributed by atoms with Gasteiger partial charge in [0.1, 0.15) is 5.69 Å². The van der Waals surface area contributed by atoms with Gasteiger partial charge in [0, 0.05) is 13.1 Å². The smallest absolute Gasteiger partial charge is 0.340 e. The zero-order valence-electron chi connectivity index (χ0n) is 9.03. The number of carbonyl (C=O) groups excluding carboxylic acids is 2.